The molecule has 1 heterocycles. The molecule has 0 radical (unpaired) electrons. The zero-order valence-corrected chi connectivity index (χ0v) is 10.2. The molecule has 0 saturated heterocycles. The average molecular weight is 252 g/mol. The molecule has 1 amide bonds. The highest BCUT2D eigenvalue weighted by atomic mass is 16.3. The maximum atomic E-state index is 12.0. The SMILES string of the molecule is O=C1CC(c2ccccc2)=NN1c1ccc(O)cc1. The highest BCUT2D eigenvalue weighted by molar-refractivity contribution is 6.19. The van der Waals surface area contributed by atoms with Gasteiger partial charge in [0.15, 0.2) is 0 Å². The summed E-state index contributed by atoms with van der Waals surface area (Å²) in [4.78, 5) is 12.0. The summed E-state index contributed by atoms with van der Waals surface area (Å²) in [5.74, 6) is 0.104. The van der Waals surface area contributed by atoms with Crippen LogP contribution in [0.5, 0.6) is 5.75 Å². The molecule has 1 aliphatic rings. The van der Waals surface area contributed by atoms with Crippen LogP contribution >= 0.6 is 0 Å². The van der Waals surface area contributed by atoms with Gasteiger partial charge < -0.3 is 5.11 Å². The normalized spacial score (nSPS) is 14.6. The van der Waals surface area contributed by atoms with Crippen LogP contribution in [0.3, 0.4) is 0 Å². The van der Waals surface area contributed by atoms with Crippen molar-refractivity contribution < 1.29 is 9.90 Å². The first kappa shape index (κ1) is 11.5. The van der Waals surface area contributed by atoms with Crippen molar-refractivity contribution in [1.29, 1.82) is 0 Å². The molecule has 0 aliphatic carbocycles. The molecule has 0 aromatic heterocycles. The second kappa shape index (κ2) is 4.57. The Balaban J connectivity index is 1.93. The summed E-state index contributed by atoms with van der Waals surface area (Å²) in [7, 11) is 0. The van der Waals surface area contributed by atoms with Gasteiger partial charge in [-0.25, -0.2) is 5.01 Å². The predicted octanol–water partition coefficient (Wildman–Crippen LogP) is 2.53. The van der Waals surface area contributed by atoms with Gasteiger partial charge in [0.1, 0.15) is 5.75 Å². The van der Waals surface area contributed by atoms with E-state index in [0.717, 1.165) is 11.3 Å². The fraction of sp³-hybridized carbons (Fsp3) is 0.0667. The number of aromatic hydroxyl groups is 1. The molecule has 94 valence electrons. The number of amides is 1. The summed E-state index contributed by atoms with van der Waals surface area (Å²) in [5, 5.41) is 15.0. The molecule has 3 rings (SSSR count). The second-order valence-corrected chi connectivity index (χ2v) is 4.31. The lowest BCUT2D eigenvalue weighted by molar-refractivity contribution is -0.116. The quantitative estimate of drug-likeness (QED) is 0.892. The highest BCUT2D eigenvalue weighted by Gasteiger charge is 2.25. The molecular formula is C15H12N2O2. The number of hydrazone groups is 1. The molecule has 0 atom stereocenters. The number of nitrogens with zero attached hydrogens (tertiary/aromatic N) is 2. The molecule has 0 unspecified atom stereocenters. The van der Waals surface area contributed by atoms with E-state index in [1.807, 2.05) is 30.3 Å². The van der Waals surface area contributed by atoms with Gasteiger partial charge in [-0.1, -0.05) is 30.3 Å². The number of rotatable bonds is 2. The van der Waals surface area contributed by atoms with Crippen molar-refractivity contribution in [1.82, 2.24) is 0 Å². The molecule has 2 aromatic rings. The fourth-order valence-electron chi connectivity index (χ4n) is 2.02. The number of benzene rings is 2. The summed E-state index contributed by atoms with van der Waals surface area (Å²) < 4.78 is 0. The third kappa shape index (κ3) is 2.20. The second-order valence-electron chi connectivity index (χ2n) is 4.31. The lowest BCUT2D eigenvalue weighted by Crippen LogP contribution is -2.19. The Labute approximate surface area is 110 Å². The number of hydrogen-bond donors (Lipinski definition) is 1. The Morgan fingerprint density at radius 2 is 1.68 bits per heavy atom. The molecule has 4 nitrogen and oxygen atoms in total. The standard InChI is InChI=1S/C15H12N2O2/c18-13-8-6-12(7-9-13)17-15(19)10-14(16-17)11-4-2-1-3-5-11/h1-9,18H,10H2. The summed E-state index contributed by atoms with van der Waals surface area (Å²) in [5.41, 5.74) is 2.38. The lowest BCUT2D eigenvalue weighted by atomic mass is 10.1. The molecule has 1 aliphatic heterocycles. The van der Waals surface area contributed by atoms with Crippen LogP contribution in [0.2, 0.25) is 0 Å². The molecule has 0 bridgehead atoms. The smallest absolute Gasteiger partial charge is 0.253 e. The molecule has 2 aromatic carbocycles. The zero-order valence-electron chi connectivity index (χ0n) is 10.2. The summed E-state index contributed by atoms with van der Waals surface area (Å²) >= 11 is 0. The van der Waals surface area contributed by atoms with Crippen molar-refractivity contribution in [2.75, 3.05) is 5.01 Å². The van der Waals surface area contributed by atoms with Gasteiger partial charge in [0, 0.05) is 0 Å². The topological polar surface area (TPSA) is 52.9 Å². The minimum atomic E-state index is -0.0652. The number of phenols is 1. The third-order valence-corrected chi connectivity index (χ3v) is 2.98. The lowest BCUT2D eigenvalue weighted by Gasteiger charge is -2.11. The molecule has 1 N–H and O–H groups in total. The Kier molecular flexibility index (Phi) is 2.76. The number of phenolic OH excluding ortho intramolecular Hbond substituents is 1. The Bertz CT molecular complexity index is 633. The Hall–Kier alpha value is -2.62. The first-order chi connectivity index (χ1) is 9.24. The van der Waals surface area contributed by atoms with Crippen LogP contribution in [0, 0.1) is 0 Å². The summed E-state index contributed by atoms with van der Waals surface area (Å²) in [6, 6.07) is 16.1. The van der Waals surface area contributed by atoms with Gasteiger partial charge in [0.2, 0.25) is 0 Å². The van der Waals surface area contributed by atoms with Gasteiger partial charge in [-0.2, -0.15) is 5.10 Å². The van der Waals surface area contributed by atoms with Crippen LogP contribution in [0.25, 0.3) is 0 Å². The molecule has 0 saturated carbocycles. The molecular weight excluding hydrogens is 240 g/mol. The third-order valence-electron chi connectivity index (χ3n) is 2.98. The first-order valence-electron chi connectivity index (χ1n) is 5.99. The van der Waals surface area contributed by atoms with Crippen molar-refractivity contribution >= 4 is 17.3 Å². The zero-order chi connectivity index (χ0) is 13.2. The van der Waals surface area contributed by atoms with Gasteiger partial charge in [-0.15, -0.1) is 0 Å². The van der Waals surface area contributed by atoms with Gasteiger partial charge in [0.05, 0.1) is 17.8 Å². The molecule has 19 heavy (non-hydrogen) atoms. The Morgan fingerprint density at radius 3 is 2.37 bits per heavy atom. The van der Waals surface area contributed by atoms with Gasteiger partial charge >= 0.3 is 0 Å². The fourth-order valence-corrected chi connectivity index (χ4v) is 2.02. The maximum absolute atomic E-state index is 12.0. The first-order valence-corrected chi connectivity index (χ1v) is 5.99. The maximum Gasteiger partial charge on any atom is 0.253 e. The number of carbonyl (C=O) groups excluding carboxylic acids is 1. The van der Waals surface area contributed by atoms with Crippen LogP contribution in [-0.2, 0) is 4.79 Å². The van der Waals surface area contributed by atoms with Crippen molar-refractivity contribution in [3.63, 3.8) is 0 Å². The van der Waals surface area contributed by atoms with E-state index in [1.54, 1.807) is 24.3 Å². The van der Waals surface area contributed by atoms with E-state index in [2.05, 4.69) is 5.10 Å². The predicted molar refractivity (Wildman–Crippen MR) is 73.2 cm³/mol. The van der Waals surface area contributed by atoms with E-state index < -0.39 is 0 Å². The molecule has 4 heteroatoms. The average Bonchev–Trinajstić information content (AvgIpc) is 2.83. The van der Waals surface area contributed by atoms with Crippen LogP contribution in [0.4, 0.5) is 5.69 Å². The largest absolute Gasteiger partial charge is 0.508 e. The monoisotopic (exact) mass is 252 g/mol. The highest BCUT2D eigenvalue weighted by Crippen LogP contribution is 2.24. The minimum Gasteiger partial charge on any atom is -0.508 e. The van der Waals surface area contributed by atoms with E-state index in [1.165, 1.54) is 5.01 Å². The van der Waals surface area contributed by atoms with Gasteiger partial charge in [0.25, 0.3) is 5.91 Å². The van der Waals surface area contributed by atoms with Crippen LogP contribution in [-0.4, -0.2) is 16.7 Å². The van der Waals surface area contributed by atoms with Crippen molar-refractivity contribution in [2.24, 2.45) is 5.10 Å². The van der Waals surface area contributed by atoms with E-state index in [9.17, 15) is 9.90 Å². The number of anilines is 1. The summed E-state index contributed by atoms with van der Waals surface area (Å²) in [6.45, 7) is 0. The molecule has 0 fully saturated rings. The van der Waals surface area contributed by atoms with Gasteiger partial charge in [-0.3, -0.25) is 4.79 Å². The van der Waals surface area contributed by atoms with E-state index in [-0.39, 0.29) is 11.7 Å². The number of carbonyl (C=O) groups is 1. The van der Waals surface area contributed by atoms with Crippen LogP contribution < -0.4 is 5.01 Å². The van der Waals surface area contributed by atoms with E-state index in [0.29, 0.717) is 12.1 Å². The minimum absolute atomic E-state index is 0.0652. The van der Waals surface area contributed by atoms with Crippen LogP contribution in [0.15, 0.2) is 59.7 Å². The van der Waals surface area contributed by atoms with Gasteiger partial charge in [-0.05, 0) is 29.8 Å². The number of hydrogen-bond acceptors (Lipinski definition) is 3. The Morgan fingerprint density at radius 1 is 1.00 bits per heavy atom. The van der Waals surface area contributed by atoms with E-state index in [4.69, 9.17) is 0 Å². The van der Waals surface area contributed by atoms with Crippen molar-refractivity contribution in [3.8, 4) is 5.75 Å². The summed E-state index contributed by atoms with van der Waals surface area (Å²) in [6.07, 6.45) is 0.297. The van der Waals surface area contributed by atoms with E-state index >= 15 is 0 Å². The van der Waals surface area contributed by atoms with Crippen molar-refractivity contribution in [3.05, 3.63) is 60.2 Å². The van der Waals surface area contributed by atoms with Crippen molar-refractivity contribution in [2.45, 2.75) is 6.42 Å². The van der Waals surface area contributed by atoms with Crippen LogP contribution in [0.1, 0.15) is 12.0 Å². The molecule has 0 spiro atoms.